The molecule has 0 aliphatic carbocycles. The van der Waals surface area contributed by atoms with Gasteiger partial charge >= 0.3 is 0 Å². The van der Waals surface area contributed by atoms with Gasteiger partial charge in [0, 0.05) is 12.1 Å². The van der Waals surface area contributed by atoms with Crippen molar-refractivity contribution in [2.45, 2.75) is 6.42 Å². The first-order valence-corrected chi connectivity index (χ1v) is 7.71. The molecule has 0 heterocycles. The average molecular weight is 326 g/mol. The molecule has 6 nitrogen and oxygen atoms in total. The Kier molecular flexibility index (Phi) is 5.42. The van der Waals surface area contributed by atoms with Gasteiger partial charge in [0.2, 0.25) is 10.0 Å². The van der Waals surface area contributed by atoms with E-state index in [1.165, 1.54) is 12.1 Å². The summed E-state index contributed by atoms with van der Waals surface area (Å²) in [6, 6.07) is 2.77. The molecule has 0 aliphatic rings. The molecule has 106 valence electrons. The minimum absolute atomic E-state index is 0.175. The maximum Gasteiger partial charge on any atom is 0.251 e. The third-order valence-corrected chi connectivity index (χ3v) is 3.72. The molecule has 1 aromatic rings. The first-order valence-electron chi connectivity index (χ1n) is 5.24. The van der Waals surface area contributed by atoms with Crippen LogP contribution in [0.3, 0.4) is 0 Å². The van der Waals surface area contributed by atoms with Crippen molar-refractivity contribution < 1.29 is 13.2 Å². The number of nitrogens with two attached hydrogens (primary N) is 2. The Balaban J connectivity index is 2.60. The summed E-state index contributed by atoms with van der Waals surface area (Å²) in [6.45, 7) is 0.175. The minimum Gasteiger partial charge on any atom is -0.396 e. The molecular weight excluding hydrogens is 313 g/mol. The lowest BCUT2D eigenvalue weighted by Crippen LogP contribution is -2.27. The SMILES string of the molecule is Nc1c(Cl)cc(C(=O)NCCCS(N)(=O)=O)cc1Cl. The standard InChI is InChI=1S/C10H13Cl2N3O3S/c11-7-4-6(5-8(12)9(7)13)10(16)15-2-1-3-19(14,17)18/h4-5H,1-3,13H2,(H,15,16)(H2,14,17,18). The molecule has 0 saturated carbocycles. The molecule has 0 bridgehead atoms. The zero-order valence-corrected chi connectivity index (χ0v) is 12.1. The number of primary sulfonamides is 1. The minimum atomic E-state index is -3.52. The molecule has 0 unspecified atom stereocenters. The van der Waals surface area contributed by atoms with Gasteiger partial charge in [-0.25, -0.2) is 13.6 Å². The molecule has 19 heavy (non-hydrogen) atoms. The van der Waals surface area contributed by atoms with Crippen LogP contribution in [0, 0.1) is 0 Å². The van der Waals surface area contributed by atoms with Crippen molar-refractivity contribution >= 4 is 44.8 Å². The van der Waals surface area contributed by atoms with Crippen molar-refractivity contribution in [2.24, 2.45) is 5.14 Å². The number of carbonyl (C=O) groups excluding carboxylic acids is 1. The first-order chi connectivity index (χ1) is 8.70. The van der Waals surface area contributed by atoms with E-state index < -0.39 is 15.9 Å². The van der Waals surface area contributed by atoms with Crippen LogP contribution in [0.5, 0.6) is 0 Å². The van der Waals surface area contributed by atoms with E-state index >= 15 is 0 Å². The van der Waals surface area contributed by atoms with E-state index in [0.29, 0.717) is 0 Å². The largest absolute Gasteiger partial charge is 0.396 e. The number of carbonyl (C=O) groups is 1. The van der Waals surface area contributed by atoms with Crippen molar-refractivity contribution in [3.63, 3.8) is 0 Å². The van der Waals surface area contributed by atoms with E-state index in [9.17, 15) is 13.2 Å². The molecule has 0 saturated heterocycles. The van der Waals surface area contributed by atoms with Crippen LogP contribution in [0.1, 0.15) is 16.8 Å². The summed E-state index contributed by atoms with van der Waals surface area (Å²) in [5.41, 5.74) is 6.00. The summed E-state index contributed by atoms with van der Waals surface area (Å²) in [7, 11) is -3.52. The fourth-order valence-corrected chi connectivity index (χ4v) is 2.33. The lowest BCUT2D eigenvalue weighted by atomic mass is 10.2. The van der Waals surface area contributed by atoms with Crippen LogP contribution in [0.25, 0.3) is 0 Å². The summed E-state index contributed by atoms with van der Waals surface area (Å²) >= 11 is 11.6. The zero-order chi connectivity index (χ0) is 14.6. The molecule has 5 N–H and O–H groups in total. The molecular formula is C10H13Cl2N3O3S. The predicted octanol–water partition coefficient (Wildman–Crippen LogP) is 0.984. The molecule has 0 aromatic heterocycles. The average Bonchev–Trinajstić information content (AvgIpc) is 2.29. The highest BCUT2D eigenvalue weighted by Crippen LogP contribution is 2.28. The maximum atomic E-state index is 11.7. The van der Waals surface area contributed by atoms with Crippen LogP contribution in [0.2, 0.25) is 10.0 Å². The number of nitrogens with one attached hydrogen (secondary N) is 1. The number of nitrogen functional groups attached to an aromatic ring is 1. The summed E-state index contributed by atoms with van der Waals surface area (Å²) in [6.07, 6.45) is 0.223. The molecule has 0 fully saturated rings. The first kappa shape index (κ1) is 16.0. The van der Waals surface area contributed by atoms with Crippen molar-refractivity contribution in [1.29, 1.82) is 0 Å². The Morgan fingerprint density at radius 1 is 1.26 bits per heavy atom. The topological polar surface area (TPSA) is 115 Å². The summed E-state index contributed by atoms with van der Waals surface area (Å²) in [4.78, 5) is 11.7. The Hall–Kier alpha value is -1.02. The van der Waals surface area contributed by atoms with E-state index in [4.69, 9.17) is 34.1 Å². The normalized spacial score (nSPS) is 11.3. The molecule has 1 aromatic carbocycles. The highest BCUT2D eigenvalue weighted by Gasteiger charge is 2.11. The summed E-state index contributed by atoms with van der Waals surface area (Å²) in [5.74, 6) is -0.616. The number of hydrogen-bond donors (Lipinski definition) is 3. The van der Waals surface area contributed by atoms with Gasteiger partial charge in [0.05, 0.1) is 21.5 Å². The summed E-state index contributed by atoms with van der Waals surface area (Å²) in [5, 5.41) is 7.72. The van der Waals surface area contributed by atoms with Crippen LogP contribution in [0.15, 0.2) is 12.1 Å². The van der Waals surface area contributed by atoms with Crippen molar-refractivity contribution in [2.75, 3.05) is 18.0 Å². The maximum absolute atomic E-state index is 11.7. The molecule has 9 heteroatoms. The van der Waals surface area contributed by atoms with Crippen LogP contribution in [-0.2, 0) is 10.0 Å². The zero-order valence-electron chi connectivity index (χ0n) is 9.82. The molecule has 0 radical (unpaired) electrons. The van der Waals surface area contributed by atoms with Crippen LogP contribution >= 0.6 is 23.2 Å². The number of anilines is 1. The molecule has 1 rings (SSSR count). The lowest BCUT2D eigenvalue weighted by molar-refractivity contribution is 0.0953. The van der Waals surface area contributed by atoms with E-state index in [2.05, 4.69) is 5.32 Å². The molecule has 1 amide bonds. The van der Waals surface area contributed by atoms with E-state index in [-0.39, 0.29) is 40.0 Å². The van der Waals surface area contributed by atoms with Crippen molar-refractivity contribution in [1.82, 2.24) is 5.32 Å². The third-order valence-electron chi connectivity index (χ3n) is 2.23. The van der Waals surface area contributed by atoms with E-state index in [1.54, 1.807) is 0 Å². The van der Waals surface area contributed by atoms with Crippen LogP contribution < -0.4 is 16.2 Å². The highest BCUT2D eigenvalue weighted by molar-refractivity contribution is 7.89. The van der Waals surface area contributed by atoms with E-state index in [0.717, 1.165) is 0 Å². The molecule has 0 aliphatic heterocycles. The van der Waals surface area contributed by atoms with Gasteiger partial charge in [-0.1, -0.05) is 23.2 Å². The second kappa shape index (κ2) is 6.42. The smallest absolute Gasteiger partial charge is 0.251 e. The number of amides is 1. The van der Waals surface area contributed by atoms with Crippen molar-refractivity contribution in [3.05, 3.63) is 27.7 Å². The number of benzene rings is 1. The van der Waals surface area contributed by atoms with Gasteiger partial charge in [-0.05, 0) is 18.6 Å². The lowest BCUT2D eigenvalue weighted by Gasteiger charge is -2.07. The van der Waals surface area contributed by atoms with Crippen molar-refractivity contribution in [3.8, 4) is 0 Å². The monoisotopic (exact) mass is 325 g/mol. The van der Waals surface area contributed by atoms with Crippen LogP contribution in [0.4, 0.5) is 5.69 Å². The Morgan fingerprint density at radius 2 is 1.79 bits per heavy atom. The Morgan fingerprint density at radius 3 is 2.26 bits per heavy atom. The Bertz CT molecular complexity index is 567. The molecule has 0 spiro atoms. The highest BCUT2D eigenvalue weighted by atomic mass is 35.5. The quantitative estimate of drug-likeness (QED) is 0.552. The van der Waals surface area contributed by atoms with E-state index in [1.807, 2.05) is 0 Å². The second-order valence-electron chi connectivity index (χ2n) is 3.83. The van der Waals surface area contributed by atoms with Gasteiger partial charge in [0.15, 0.2) is 0 Å². The van der Waals surface area contributed by atoms with Gasteiger partial charge in [0.1, 0.15) is 0 Å². The number of sulfonamides is 1. The van der Waals surface area contributed by atoms with Crippen LogP contribution in [-0.4, -0.2) is 26.6 Å². The van der Waals surface area contributed by atoms with Gasteiger partial charge in [-0.15, -0.1) is 0 Å². The Labute approximate surface area is 121 Å². The third kappa shape index (κ3) is 5.23. The molecule has 0 atom stereocenters. The van der Waals surface area contributed by atoms with Gasteiger partial charge in [-0.3, -0.25) is 4.79 Å². The number of rotatable bonds is 5. The number of halogens is 2. The summed E-state index contributed by atoms with van der Waals surface area (Å²) < 4.78 is 21.4. The fraction of sp³-hybridized carbons (Fsp3) is 0.300. The van der Waals surface area contributed by atoms with Gasteiger partial charge < -0.3 is 11.1 Å². The number of hydrogen-bond acceptors (Lipinski definition) is 4. The van der Waals surface area contributed by atoms with Gasteiger partial charge in [-0.2, -0.15) is 0 Å². The predicted molar refractivity (Wildman–Crippen MR) is 75.8 cm³/mol. The second-order valence-corrected chi connectivity index (χ2v) is 6.38. The van der Waals surface area contributed by atoms with Gasteiger partial charge in [0.25, 0.3) is 5.91 Å². The fourth-order valence-electron chi connectivity index (χ4n) is 1.29.